The number of nitrogens with zero attached hydrogens (tertiary/aromatic N) is 2. The number of rotatable bonds is 6. The average Bonchev–Trinajstić information content (AvgIpc) is 3.23. The van der Waals surface area contributed by atoms with E-state index >= 15 is 0 Å². The number of thioether (sulfide) groups is 1. The fourth-order valence-electron chi connectivity index (χ4n) is 1.81. The predicted molar refractivity (Wildman–Crippen MR) is 92.2 cm³/mol. The Hall–Kier alpha value is -2.05. The maximum absolute atomic E-state index is 5.15. The van der Waals surface area contributed by atoms with Gasteiger partial charge >= 0.3 is 0 Å². The third-order valence-corrected chi connectivity index (χ3v) is 4.71. The van der Waals surface area contributed by atoms with E-state index in [4.69, 9.17) is 4.74 Å². The van der Waals surface area contributed by atoms with Crippen molar-refractivity contribution in [2.75, 3.05) is 7.11 Å². The summed E-state index contributed by atoms with van der Waals surface area (Å²) in [6.45, 7) is 0. The Balaban J connectivity index is 1.57. The molecule has 0 bridgehead atoms. The lowest BCUT2D eigenvalue weighted by Gasteiger charge is -2.01. The molecule has 2 aromatic heterocycles. The quantitative estimate of drug-likeness (QED) is 0.684. The van der Waals surface area contributed by atoms with Gasteiger partial charge in [-0.3, -0.25) is 5.10 Å². The number of nitrogens with one attached hydrogen (secondary N) is 1. The van der Waals surface area contributed by atoms with E-state index in [1.165, 1.54) is 10.4 Å². The molecule has 0 radical (unpaired) electrons. The number of aromatic amines is 1. The number of thiophene rings is 1. The maximum atomic E-state index is 5.15. The highest BCUT2D eigenvalue weighted by Crippen LogP contribution is 2.21. The van der Waals surface area contributed by atoms with Crippen LogP contribution in [0, 0.1) is 0 Å². The maximum Gasteiger partial charge on any atom is 0.209 e. The van der Waals surface area contributed by atoms with Crippen LogP contribution in [0.5, 0.6) is 5.75 Å². The van der Waals surface area contributed by atoms with Crippen LogP contribution in [0.3, 0.4) is 0 Å². The summed E-state index contributed by atoms with van der Waals surface area (Å²) < 4.78 is 5.15. The molecular formula is C16H15N3OS2. The molecule has 0 fully saturated rings. The van der Waals surface area contributed by atoms with Crippen LogP contribution < -0.4 is 4.74 Å². The normalized spacial score (nSPS) is 11.1. The van der Waals surface area contributed by atoms with Gasteiger partial charge in [0, 0.05) is 10.6 Å². The van der Waals surface area contributed by atoms with E-state index in [9.17, 15) is 0 Å². The summed E-state index contributed by atoms with van der Waals surface area (Å²) in [5.41, 5.74) is 1.21. The van der Waals surface area contributed by atoms with E-state index in [1.54, 1.807) is 30.2 Å². The largest absolute Gasteiger partial charge is 0.497 e. The third-order valence-electron chi connectivity index (χ3n) is 2.96. The highest BCUT2D eigenvalue weighted by Gasteiger charge is 2.03. The minimum absolute atomic E-state index is 0.752. The summed E-state index contributed by atoms with van der Waals surface area (Å²) in [5.74, 6) is 2.47. The number of hydrogen-bond donors (Lipinski definition) is 1. The fraction of sp³-hybridized carbons (Fsp3) is 0.125. The van der Waals surface area contributed by atoms with Crippen LogP contribution in [0.1, 0.15) is 16.3 Å². The van der Waals surface area contributed by atoms with E-state index in [0.717, 1.165) is 22.5 Å². The Labute approximate surface area is 137 Å². The lowest BCUT2D eigenvalue weighted by molar-refractivity contribution is 0.414. The van der Waals surface area contributed by atoms with Gasteiger partial charge in [-0.2, -0.15) is 0 Å². The molecule has 0 aliphatic heterocycles. The van der Waals surface area contributed by atoms with Crippen LogP contribution in [0.25, 0.3) is 12.2 Å². The standard InChI is InChI=1S/C16H15N3OS2/c1-20-13-6-4-12(5-7-13)11-22-16-17-15(18-19-16)9-8-14-3-2-10-21-14/h2-10H,11H2,1H3,(H,17,18,19)/b9-8+. The van der Waals surface area contributed by atoms with Gasteiger partial charge in [-0.25, -0.2) is 4.98 Å². The molecule has 0 saturated heterocycles. The monoisotopic (exact) mass is 329 g/mol. The van der Waals surface area contributed by atoms with Crippen LogP contribution in [-0.4, -0.2) is 22.3 Å². The van der Waals surface area contributed by atoms with E-state index in [2.05, 4.69) is 38.8 Å². The van der Waals surface area contributed by atoms with Crippen LogP contribution in [0.2, 0.25) is 0 Å². The lowest BCUT2D eigenvalue weighted by Crippen LogP contribution is -1.85. The zero-order valence-corrected chi connectivity index (χ0v) is 13.7. The zero-order chi connectivity index (χ0) is 15.2. The Kier molecular flexibility index (Phi) is 4.92. The SMILES string of the molecule is COc1ccc(CSc2n[nH]c(/C=C/c3cccs3)n2)cc1. The molecule has 112 valence electrons. The van der Waals surface area contributed by atoms with Gasteiger partial charge in [-0.15, -0.1) is 16.4 Å². The molecule has 3 aromatic rings. The van der Waals surface area contributed by atoms with Crippen LogP contribution in [0.15, 0.2) is 46.9 Å². The van der Waals surface area contributed by atoms with Crippen molar-refractivity contribution in [1.29, 1.82) is 0 Å². The van der Waals surface area contributed by atoms with Crippen molar-refractivity contribution in [3.05, 3.63) is 58.0 Å². The van der Waals surface area contributed by atoms with Gasteiger partial charge in [-0.05, 0) is 41.3 Å². The number of aromatic nitrogens is 3. The second kappa shape index (κ2) is 7.29. The molecule has 0 aliphatic rings. The number of H-pyrrole nitrogens is 1. The molecule has 4 nitrogen and oxygen atoms in total. The second-order valence-corrected chi connectivity index (χ2v) is 6.41. The number of hydrogen-bond acceptors (Lipinski definition) is 5. The first-order chi connectivity index (χ1) is 10.8. The highest BCUT2D eigenvalue weighted by molar-refractivity contribution is 7.98. The summed E-state index contributed by atoms with van der Waals surface area (Å²) in [6, 6.07) is 12.1. The molecule has 1 aromatic carbocycles. The molecular weight excluding hydrogens is 314 g/mol. The molecule has 22 heavy (non-hydrogen) atoms. The predicted octanol–water partition coefficient (Wildman–Crippen LogP) is 4.34. The van der Waals surface area contributed by atoms with Crippen molar-refractivity contribution in [1.82, 2.24) is 15.2 Å². The first-order valence-electron chi connectivity index (χ1n) is 6.73. The summed E-state index contributed by atoms with van der Waals surface area (Å²) in [4.78, 5) is 5.65. The molecule has 0 saturated carbocycles. The van der Waals surface area contributed by atoms with Gasteiger partial charge in [0.1, 0.15) is 11.6 Å². The average molecular weight is 329 g/mol. The Bertz CT molecular complexity index is 733. The van der Waals surface area contributed by atoms with Gasteiger partial charge in [0.05, 0.1) is 7.11 Å². The van der Waals surface area contributed by atoms with Crippen molar-refractivity contribution in [3.8, 4) is 5.75 Å². The molecule has 1 N–H and O–H groups in total. The molecule has 2 heterocycles. The second-order valence-electron chi connectivity index (χ2n) is 4.49. The van der Waals surface area contributed by atoms with Crippen molar-refractivity contribution in [2.24, 2.45) is 0 Å². The molecule has 3 rings (SSSR count). The van der Waals surface area contributed by atoms with Crippen molar-refractivity contribution >= 4 is 35.3 Å². The Morgan fingerprint density at radius 2 is 2.09 bits per heavy atom. The smallest absolute Gasteiger partial charge is 0.209 e. The number of benzene rings is 1. The van der Waals surface area contributed by atoms with Crippen molar-refractivity contribution in [3.63, 3.8) is 0 Å². The first-order valence-corrected chi connectivity index (χ1v) is 8.60. The summed E-state index contributed by atoms with van der Waals surface area (Å²) in [5, 5.41) is 9.96. The van der Waals surface area contributed by atoms with Gasteiger partial charge in [0.15, 0.2) is 0 Å². The molecule has 0 spiro atoms. The topological polar surface area (TPSA) is 50.8 Å². The van der Waals surface area contributed by atoms with Crippen molar-refractivity contribution in [2.45, 2.75) is 10.9 Å². The Morgan fingerprint density at radius 1 is 1.23 bits per heavy atom. The van der Waals surface area contributed by atoms with Gasteiger partial charge < -0.3 is 4.74 Å². The zero-order valence-electron chi connectivity index (χ0n) is 12.0. The molecule has 0 atom stereocenters. The van der Waals surface area contributed by atoms with Crippen LogP contribution in [0.4, 0.5) is 0 Å². The summed E-state index contributed by atoms with van der Waals surface area (Å²) in [7, 11) is 1.67. The van der Waals surface area contributed by atoms with E-state index < -0.39 is 0 Å². The van der Waals surface area contributed by atoms with Crippen LogP contribution >= 0.6 is 23.1 Å². The summed E-state index contributed by atoms with van der Waals surface area (Å²) in [6.07, 6.45) is 3.97. The lowest BCUT2D eigenvalue weighted by atomic mass is 10.2. The fourth-order valence-corrected chi connectivity index (χ4v) is 3.19. The molecule has 0 unspecified atom stereocenters. The van der Waals surface area contributed by atoms with Gasteiger partial charge in [0.2, 0.25) is 5.16 Å². The van der Waals surface area contributed by atoms with Crippen LogP contribution in [-0.2, 0) is 5.75 Å². The van der Waals surface area contributed by atoms with E-state index in [-0.39, 0.29) is 0 Å². The first kappa shape index (κ1) is 14.9. The Morgan fingerprint density at radius 3 is 2.82 bits per heavy atom. The molecule has 6 heteroatoms. The van der Waals surface area contributed by atoms with E-state index in [1.807, 2.05) is 30.4 Å². The van der Waals surface area contributed by atoms with Crippen molar-refractivity contribution < 1.29 is 4.74 Å². The van der Waals surface area contributed by atoms with Gasteiger partial charge in [0.25, 0.3) is 0 Å². The number of ether oxygens (including phenoxy) is 1. The number of methoxy groups -OCH3 is 1. The van der Waals surface area contributed by atoms with E-state index in [0.29, 0.717) is 0 Å². The highest BCUT2D eigenvalue weighted by atomic mass is 32.2. The third kappa shape index (κ3) is 3.99. The van der Waals surface area contributed by atoms with Gasteiger partial charge in [-0.1, -0.05) is 30.0 Å². The summed E-state index contributed by atoms with van der Waals surface area (Å²) >= 11 is 3.30. The molecule has 0 aliphatic carbocycles. The minimum Gasteiger partial charge on any atom is -0.497 e. The molecule has 0 amide bonds. The minimum atomic E-state index is 0.752.